The number of rotatable bonds is 7. The van der Waals surface area contributed by atoms with E-state index < -0.39 is 9.84 Å². The van der Waals surface area contributed by atoms with Crippen molar-refractivity contribution in [2.45, 2.75) is 50.0 Å². The Morgan fingerprint density at radius 3 is 2.74 bits per heavy atom. The first-order valence-electron chi connectivity index (χ1n) is 9.28. The van der Waals surface area contributed by atoms with Gasteiger partial charge in [-0.1, -0.05) is 37.0 Å². The van der Waals surface area contributed by atoms with Crippen molar-refractivity contribution in [2.24, 2.45) is 10.9 Å². The molecule has 6 nitrogen and oxygen atoms in total. The minimum absolute atomic E-state index is 0.108. The average molecular weight is 411 g/mol. The van der Waals surface area contributed by atoms with Gasteiger partial charge >= 0.3 is 0 Å². The van der Waals surface area contributed by atoms with Gasteiger partial charge in [0.2, 0.25) is 5.91 Å². The Kier molecular flexibility index (Phi) is 6.49. The Bertz CT molecular complexity index is 983. The number of hydrogen-bond acceptors (Lipinski definition) is 5. The van der Waals surface area contributed by atoms with E-state index in [-0.39, 0.29) is 10.8 Å². The number of fused-ring (bicyclic) bond motifs is 1. The van der Waals surface area contributed by atoms with E-state index in [9.17, 15) is 13.2 Å². The first-order valence-corrected chi connectivity index (χ1v) is 12.0. The quantitative estimate of drug-likeness (QED) is 0.702. The van der Waals surface area contributed by atoms with Crippen molar-refractivity contribution in [3.8, 4) is 0 Å². The van der Waals surface area contributed by atoms with Crippen molar-refractivity contribution < 1.29 is 17.9 Å². The topological polar surface area (TPSA) is 77.7 Å². The number of methoxy groups -OCH3 is 1. The lowest BCUT2D eigenvalue weighted by atomic mass is 10.0. The maximum absolute atomic E-state index is 12.4. The maximum atomic E-state index is 12.4. The van der Waals surface area contributed by atoms with Crippen LogP contribution in [0.4, 0.5) is 0 Å². The van der Waals surface area contributed by atoms with Crippen molar-refractivity contribution in [3.05, 3.63) is 23.0 Å². The molecule has 0 saturated heterocycles. The summed E-state index contributed by atoms with van der Waals surface area (Å²) in [6.45, 7) is 1.05. The number of hydrogen-bond donors (Lipinski definition) is 0. The van der Waals surface area contributed by atoms with Gasteiger partial charge in [-0.15, -0.1) is 0 Å². The molecule has 1 saturated carbocycles. The van der Waals surface area contributed by atoms with Gasteiger partial charge in [0.1, 0.15) is 0 Å². The Morgan fingerprint density at radius 1 is 1.33 bits per heavy atom. The van der Waals surface area contributed by atoms with Gasteiger partial charge in [0, 0.05) is 26.3 Å². The van der Waals surface area contributed by atoms with Crippen molar-refractivity contribution in [1.82, 2.24) is 4.57 Å². The standard InChI is InChI=1S/C19H26N2O4S2/c1-25-12-11-21-16-9-8-15(27(2,23)24)13-17(16)26-19(21)20-18(22)10-7-14-5-3-4-6-14/h8-9,13-14H,3-7,10-12H2,1-2H3. The fraction of sp³-hybridized carbons (Fsp3) is 0.579. The summed E-state index contributed by atoms with van der Waals surface area (Å²) >= 11 is 1.35. The summed E-state index contributed by atoms with van der Waals surface area (Å²) in [6, 6.07) is 5.03. The number of nitrogens with zero attached hydrogens (tertiary/aromatic N) is 2. The van der Waals surface area contributed by atoms with Crippen LogP contribution in [-0.2, 0) is 25.9 Å². The van der Waals surface area contributed by atoms with Crippen LogP contribution in [-0.4, -0.2) is 38.9 Å². The summed E-state index contributed by atoms with van der Waals surface area (Å²) < 4.78 is 31.6. The SMILES string of the molecule is COCCn1c(=NC(=O)CCC2CCCC2)sc2cc(S(C)(=O)=O)ccc21. The zero-order chi connectivity index (χ0) is 19.4. The molecule has 2 aromatic rings. The Hall–Kier alpha value is -1.51. The Morgan fingerprint density at radius 2 is 2.07 bits per heavy atom. The molecule has 148 valence electrons. The minimum Gasteiger partial charge on any atom is -0.383 e. The smallest absolute Gasteiger partial charge is 0.248 e. The Balaban J connectivity index is 1.92. The zero-order valence-corrected chi connectivity index (χ0v) is 17.4. The van der Waals surface area contributed by atoms with E-state index in [1.807, 2.05) is 4.57 Å². The molecule has 0 aliphatic heterocycles. The number of benzene rings is 1. The summed E-state index contributed by atoms with van der Waals surface area (Å²) in [5.74, 6) is 0.549. The molecule has 1 fully saturated rings. The molecule has 0 atom stereocenters. The predicted molar refractivity (Wildman–Crippen MR) is 107 cm³/mol. The van der Waals surface area contributed by atoms with E-state index in [0.29, 0.717) is 30.3 Å². The van der Waals surface area contributed by atoms with Gasteiger partial charge < -0.3 is 9.30 Å². The fourth-order valence-corrected chi connectivity index (χ4v) is 5.39. The summed E-state index contributed by atoms with van der Waals surface area (Å²) in [5.41, 5.74) is 0.867. The molecule has 0 radical (unpaired) electrons. The van der Waals surface area contributed by atoms with Crippen LogP contribution in [0.15, 0.2) is 28.1 Å². The van der Waals surface area contributed by atoms with E-state index in [4.69, 9.17) is 4.74 Å². The van der Waals surface area contributed by atoms with Crippen molar-refractivity contribution >= 4 is 37.3 Å². The van der Waals surface area contributed by atoms with Gasteiger partial charge in [-0.2, -0.15) is 4.99 Å². The molecule has 1 aliphatic carbocycles. The zero-order valence-electron chi connectivity index (χ0n) is 15.8. The van der Waals surface area contributed by atoms with Gasteiger partial charge in [0.05, 0.1) is 21.7 Å². The number of thiazole rings is 1. The third-order valence-corrected chi connectivity index (χ3v) is 7.21. The lowest BCUT2D eigenvalue weighted by Crippen LogP contribution is -2.19. The second-order valence-corrected chi connectivity index (χ2v) is 10.2. The van der Waals surface area contributed by atoms with E-state index in [1.54, 1.807) is 25.3 Å². The van der Waals surface area contributed by atoms with E-state index in [2.05, 4.69) is 4.99 Å². The first-order chi connectivity index (χ1) is 12.9. The van der Waals surface area contributed by atoms with E-state index in [1.165, 1.54) is 43.3 Å². The number of ether oxygens (including phenoxy) is 1. The number of aromatic nitrogens is 1. The van der Waals surface area contributed by atoms with Crippen LogP contribution in [0.25, 0.3) is 10.2 Å². The summed E-state index contributed by atoms with van der Waals surface area (Å²) in [5, 5.41) is 0. The molecule has 3 rings (SSSR count). The molecule has 1 aromatic carbocycles. The average Bonchev–Trinajstić information content (AvgIpc) is 3.24. The van der Waals surface area contributed by atoms with Gasteiger partial charge in [0.15, 0.2) is 14.6 Å². The number of amides is 1. The van der Waals surface area contributed by atoms with Crippen LogP contribution >= 0.6 is 11.3 Å². The third kappa shape index (κ3) is 5.06. The van der Waals surface area contributed by atoms with Gasteiger partial charge in [-0.05, 0) is 30.5 Å². The highest BCUT2D eigenvalue weighted by Gasteiger charge is 2.17. The molecule has 27 heavy (non-hydrogen) atoms. The van der Waals surface area contributed by atoms with E-state index >= 15 is 0 Å². The molecule has 8 heteroatoms. The Labute approximate surface area is 163 Å². The maximum Gasteiger partial charge on any atom is 0.248 e. The monoisotopic (exact) mass is 410 g/mol. The molecular weight excluding hydrogens is 384 g/mol. The summed E-state index contributed by atoms with van der Waals surface area (Å²) in [7, 11) is -1.66. The van der Waals surface area contributed by atoms with Crippen LogP contribution in [0.3, 0.4) is 0 Å². The number of sulfone groups is 1. The van der Waals surface area contributed by atoms with Crippen molar-refractivity contribution in [3.63, 3.8) is 0 Å². The second kappa shape index (κ2) is 8.67. The van der Waals surface area contributed by atoms with Crippen LogP contribution < -0.4 is 4.80 Å². The molecule has 0 N–H and O–H groups in total. The van der Waals surface area contributed by atoms with Crippen LogP contribution in [0.2, 0.25) is 0 Å². The van der Waals surface area contributed by atoms with Crippen LogP contribution in [0.1, 0.15) is 38.5 Å². The highest BCUT2D eigenvalue weighted by atomic mass is 32.2. The normalized spacial score (nSPS) is 16.4. The number of carbonyl (C=O) groups is 1. The van der Waals surface area contributed by atoms with Crippen molar-refractivity contribution in [2.75, 3.05) is 20.0 Å². The molecule has 1 amide bonds. The van der Waals surface area contributed by atoms with Crippen LogP contribution in [0, 0.1) is 5.92 Å². The molecule has 0 unspecified atom stereocenters. The largest absolute Gasteiger partial charge is 0.383 e. The highest BCUT2D eigenvalue weighted by molar-refractivity contribution is 7.90. The van der Waals surface area contributed by atoms with Gasteiger partial charge in [-0.3, -0.25) is 4.79 Å². The molecule has 0 spiro atoms. The molecule has 1 aromatic heterocycles. The minimum atomic E-state index is -3.28. The van der Waals surface area contributed by atoms with Gasteiger partial charge in [0.25, 0.3) is 0 Å². The first kappa shape index (κ1) is 20.2. The molecular formula is C19H26N2O4S2. The molecule has 1 aliphatic rings. The summed E-state index contributed by atoms with van der Waals surface area (Å²) in [4.78, 5) is 17.6. The predicted octanol–water partition coefficient (Wildman–Crippen LogP) is 3.15. The summed E-state index contributed by atoms with van der Waals surface area (Å²) in [6.07, 6.45) is 7.55. The fourth-order valence-electron chi connectivity index (χ4n) is 3.56. The molecule has 1 heterocycles. The second-order valence-electron chi connectivity index (χ2n) is 7.13. The number of carbonyl (C=O) groups excluding carboxylic acids is 1. The third-order valence-electron chi connectivity index (χ3n) is 5.06. The van der Waals surface area contributed by atoms with Crippen LogP contribution in [0.5, 0.6) is 0 Å². The van der Waals surface area contributed by atoms with Crippen molar-refractivity contribution in [1.29, 1.82) is 0 Å². The highest BCUT2D eigenvalue weighted by Crippen LogP contribution is 2.28. The molecule has 0 bridgehead atoms. The lowest BCUT2D eigenvalue weighted by molar-refractivity contribution is -0.118. The van der Waals surface area contributed by atoms with Gasteiger partial charge in [-0.25, -0.2) is 8.42 Å². The lowest BCUT2D eigenvalue weighted by Gasteiger charge is -2.06. The van der Waals surface area contributed by atoms with E-state index in [0.717, 1.165) is 16.6 Å².